The van der Waals surface area contributed by atoms with Gasteiger partial charge in [-0.15, -0.1) is 0 Å². The average Bonchev–Trinajstić information content (AvgIpc) is 2.26. The van der Waals surface area contributed by atoms with Gasteiger partial charge in [0.25, 0.3) is 0 Å². The Morgan fingerprint density at radius 1 is 1.62 bits per heavy atom. The molecule has 1 rings (SSSR count). The molecule has 1 N–H and O–H groups in total. The smallest absolute Gasteiger partial charge is 0.132 e. The molecule has 1 aromatic rings. The molecule has 0 aliphatic carbocycles. The monoisotopic (exact) mass is 239 g/mol. The zero-order valence-corrected chi connectivity index (χ0v) is 10.1. The van der Waals surface area contributed by atoms with Crippen LogP contribution in [0.4, 0.5) is 5.82 Å². The van der Waals surface area contributed by atoms with Gasteiger partial charge in [-0.05, 0) is 26.0 Å². The summed E-state index contributed by atoms with van der Waals surface area (Å²) in [6.07, 6.45) is 0.0938. The fourth-order valence-corrected chi connectivity index (χ4v) is 1.45. The predicted molar refractivity (Wildman–Crippen MR) is 63.5 cm³/mol. The van der Waals surface area contributed by atoms with Gasteiger partial charge < -0.3 is 10.1 Å². The van der Waals surface area contributed by atoms with E-state index in [1.54, 1.807) is 6.07 Å². The summed E-state index contributed by atoms with van der Waals surface area (Å²) in [7, 11) is 0. The molecule has 0 aliphatic rings. The van der Waals surface area contributed by atoms with Crippen molar-refractivity contribution in [1.82, 2.24) is 4.98 Å². The van der Waals surface area contributed by atoms with Crippen LogP contribution in [0.3, 0.4) is 0 Å². The molecule has 1 atom stereocenters. The third-order valence-corrected chi connectivity index (χ3v) is 2.14. The highest BCUT2D eigenvalue weighted by Crippen LogP contribution is 2.13. The van der Waals surface area contributed by atoms with Crippen LogP contribution < -0.4 is 5.32 Å². The molecule has 0 amide bonds. The van der Waals surface area contributed by atoms with E-state index in [-0.39, 0.29) is 6.10 Å². The van der Waals surface area contributed by atoms with Gasteiger partial charge in [-0.2, -0.15) is 5.26 Å². The summed E-state index contributed by atoms with van der Waals surface area (Å²) in [6.45, 7) is 5.22. The number of halogens is 1. The Bertz CT molecular complexity index is 389. The van der Waals surface area contributed by atoms with Crippen molar-refractivity contribution in [2.45, 2.75) is 20.0 Å². The molecule has 0 saturated carbocycles. The molecular weight excluding hydrogens is 226 g/mol. The lowest BCUT2D eigenvalue weighted by Crippen LogP contribution is -2.20. The van der Waals surface area contributed by atoms with Gasteiger partial charge in [-0.25, -0.2) is 4.98 Å². The number of nitrogens with one attached hydrogen (secondary N) is 1. The van der Waals surface area contributed by atoms with Gasteiger partial charge in [0, 0.05) is 13.2 Å². The van der Waals surface area contributed by atoms with E-state index < -0.39 is 0 Å². The molecule has 0 spiro atoms. The summed E-state index contributed by atoms with van der Waals surface area (Å²) in [6, 6.07) is 5.21. The van der Waals surface area contributed by atoms with E-state index in [0.29, 0.717) is 29.7 Å². The highest BCUT2D eigenvalue weighted by Gasteiger charge is 2.03. The van der Waals surface area contributed by atoms with Crippen LogP contribution in [0.25, 0.3) is 0 Å². The van der Waals surface area contributed by atoms with E-state index in [1.807, 2.05) is 19.9 Å². The molecule has 16 heavy (non-hydrogen) atoms. The first-order valence-corrected chi connectivity index (χ1v) is 5.46. The maximum atomic E-state index is 8.76. The lowest BCUT2D eigenvalue weighted by atomic mass is 10.3. The second-order valence-electron chi connectivity index (χ2n) is 3.32. The lowest BCUT2D eigenvalue weighted by molar-refractivity contribution is 0.0855. The SMILES string of the molecule is CCOC(C)CNc1cc(C#N)cc(Cl)n1. The fraction of sp³-hybridized carbons (Fsp3) is 0.455. The number of nitrogens with zero attached hydrogens (tertiary/aromatic N) is 2. The molecule has 0 radical (unpaired) electrons. The number of ether oxygens (including phenoxy) is 1. The molecule has 0 bridgehead atoms. The first-order valence-electron chi connectivity index (χ1n) is 5.09. The van der Waals surface area contributed by atoms with Crippen molar-refractivity contribution in [3.05, 3.63) is 22.8 Å². The molecule has 4 nitrogen and oxygen atoms in total. The Hall–Kier alpha value is -1.31. The summed E-state index contributed by atoms with van der Waals surface area (Å²) >= 11 is 5.77. The van der Waals surface area contributed by atoms with Crippen molar-refractivity contribution in [1.29, 1.82) is 5.26 Å². The van der Waals surface area contributed by atoms with Crippen molar-refractivity contribution >= 4 is 17.4 Å². The zero-order valence-electron chi connectivity index (χ0n) is 9.33. The molecule has 5 heteroatoms. The highest BCUT2D eigenvalue weighted by molar-refractivity contribution is 6.29. The number of nitriles is 1. The van der Waals surface area contributed by atoms with Crippen molar-refractivity contribution in [3.63, 3.8) is 0 Å². The Morgan fingerprint density at radius 2 is 2.38 bits per heavy atom. The maximum Gasteiger partial charge on any atom is 0.132 e. The van der Waals surface area contributed by atoms with Crippen molar-refractivity contribution in [2.24, 2.45) is 0 Å². The van der Waals surface area contributed by atoms with Gasteiger partial charge in [0.15, 0.2) is 0 Å². The van der Waals surface area contributed by atoms with E-state index in [2.05, 4.69) is 10.3 Å². The first-order chi connectivity index (χ1) is 7.65. The van der Waals surface area contributed by atoms with E-state index in [0.717, 1.165) is 0 Å². The quantitative estimate of drug-likeness (QED) is 0.802. The van der Waals surface area contributed by atoms with Gasteiger partial charge in [0.1, 0.15) is 11.0 Å². The number of pyridine rings is 1. The fourth-order valence-electron chi connectivity index (χ4n) is 1.24. The van der Waals surface area contributed by atoms with Gasteiger partial charge in [-0.1, -0.05) is 11.6 Å². The minimum Gasteiger partial charge on any atom is -0.377 e. The Morgan fingerprint density at radius 3 is 3.00 bits per heavy atom. The second kappa shape index (κ2) is 6.31. The lowest BCUT2D eigenvalue weighted by Gasteiger charge is -2.13. The topological polar surface area (TPSA) is 57.9 Å². The van der Waals surface area contributed by atoms with Crippen LogP contribution in [0.1, 0.15) is 19.4 Å². The second-order valence-corrected chi connectivity index (χ2v) is 3.71. The third kappa shape index (κ3) is 4.05. The Balaban J connectivity index is 2.60. The van der Waals surface area contributed by atoms with Crippen LogP contribution in [0.5, 0.6) is 0 Å². The van der Waals surface area contributed by atoms with E-state index >= 15 is 0 Å². The molecular formula is C11H14ClN3O. The Kier molecular flexibility index (Phi) is 5.03. The van der Waals surface area contributed by atoms with Gasteiger partial charge in [0.2, 0.25) is 0 Å². The van der Waals surface area contributed by atoms with Crippen molar-refractivity contribution in [2.75, 3.05) is 18.5 Å². The largest absolute Gasteiger partial charge is 0.377 e. The van der Waals surface area contributed by atoms with Crippen LogP contribution in [-0.2, 0) is 4.74 Å². The molecule has 1 heterocycles. The number of rotatable bonds is 5. The van der Waals surface area contributed by atoms with Crippen LogP contribution in [0, 0.1) is 11.3 Å². The van der Waals surface area contributed by atoms with Crippen molar-refractivity contribution in [3.8, 4) is 6.07 Å². The number of hydrogen-bond donors (Lipinski definition) is 1. The number of aromatic nitrogens is 1. The summed E-state index contributed by atoms with van der Waals surface area (Å²) in [5, 5.41) is 12.1. The minimum atomic E-state index is 0.0938. The molecule has 0 aliphatic heterocycles. The normalized spacial score (nSPS) is 11.9. The Labute approximate surface area is 100 Å². The predicted octanol–water partition coefficient (Wildman–Crippen LogP) is 2.44. The zero-order chi connectivity index (χ0) is 12.0. The minimum absolute atomic E-state index is 0.0938. The molecule has 1 aromatic heterocycles. The highest BCUT2D eigenvalue weighted by atomic mass is 35.5. The first kappa shape index (κ1) is 12.8. The van der Waals surface area contributed by atoms with Gasteiger partial charge in [0.05, 0.1) is 17.7 Å². The van der Waals surface area contributed by atoms with Crippen molar-refractivity contribution < 1.29 is 4.74 Å². The summed E-state index contributed by atoms with van der Waals surface area (Å²) in [5.41, 5.74) is 0.492. The van der Waals surface area contributed by atoms with Crippen LogP contribution in [0.15, 0.2) is 12.1 Å². The number of anilines is 1. The number of hydrogen-bond acceptors (Lipinski definition) is 4. The van der Waals surface area contributed by atoms with E-state index in [1.165, 1.54) is 6.07 Å². The van der Waals surface area contributed by atoms with Crippen LogP contribution >= 0.6 is 11.6 Å². The van der Waals surface area contributed by atoms with Gasteiger partial charge >= 0.3 is 0 Å². The molecule has 86 valence electrons. The summed E-state index contributed by atoms with van der Waals surface area (Å²) in [4.78, 5) is 4.06. The molecule has 0 aromatic carbocycles. The summed E-state index contributed by atoms with van der Waals surface area (Å²) in [5.74, 6) is 0.593. The van der Waals surface area contributed by atoms with E-state index in [4.69, 9.17) is 21.6 Å². The molecule has 0 fully saturated rings. The molecule has 1 unspecified atom stereocenters. The summed E-state index contributed by atoms with van der Waals surface area (Å²) < 4.78 is 5.36. The maximum absolute atomic E-state index is 8.76. The molecule has 0 saturated heterocycles. The van der Waals surface area contributed by atoms with Gasteiger partial charge in [-0.3, -0.25) is 0 Å². The standard InChI is InChI=1S/C11H14ClN3O/c1-3-16-8(2)7-14-11-5-9(6-13)4-10(12)15-11/h4-5,8H,3,7H2,1-2H3,(H,14,15). The average molecular weight is 240 g/mol. The van der Waals surface area contributed by atoms with Crippen LogP contribution in [0.2, 0.25) is 5.15 Å². The van der Waals surface area contributed by atoms with Crippen LogP contribution in [-0.4, -0.2) is 24.2 Å². The third-order valence-electron chi connectivity index (χ3n) is 1.95. The van der Waals surface area contributed by atoms with E-state index in [9.17, 15) is 0 Å².